The average molecular weight is 420 g/mol. The number of benzene rings is 2. The molecule has 2 aromatic carbocycles. The Morgan fingerprint density at radius 2 is 1.81 bits per heavy atom. The highest BCUT2D eigenvalue weighted by Gasteiger charge is 2.33. The summed E-state index contributed by atoms with van der Waals surface area (Å²) in [6.07, 6.45) is 0. The van der Waals surface area contributed by atoms with Crippen molar-refractivity contribution in [1.82, 2.24) is 9.78 Å². The Hall–Kier alpha value is -4.14. The summed E-state index contributed by atoms with van der Waals surface area (Å²) in [5.74, 6) is 0.00875. The Kier molecular flexibility index (Phi) is 4.94. The van der Waals surface area contributed by atoms with Gasteiger partial charge in [0.15, 0.2) is 11.5 Å². The van der Waals surface area contributed by atoms with E-state index in [4.69, 9.17) is 15.2 Å². The van der Waals surface area contributed by atoms with Crippen LogP contribution in [0, 0.1) is 0 Å². The minimum atomic E-state index is -1.37. The predicted octanol–water partition coefficient (Wildman–Crippen LogP) is 2.11. The summed E-state index contributed by atoms with van der Waals surface area (Å²) in [5.41, 5.74) is 5.17. The molecule has 3 aromatic rings. The molecule has 31 heavy (non-hydrogen) atoms. The van der Waals surface area contributed by atoms with Crippen molar-refractivity contribution in [3.8, 4) is 22.8 Å². The van der Waals surface area contributed by atoms with Gasteiger partial charge in [-0.15, -0.1) is 0 Å². The maximum atomic E-state index is 13.1. The Bertz CT molecular complexity index is 1250. The summed E-state index contributed by atoms with van der Waals surface area (Å²) in [4.78, 5) is 37.3. The van der Waals surface area contributed by atoms with E-state index < -0.39 is 22.9 Å². The third kappa shape index (κ3) is 3.73. The van der Waals surface area contributed by atoms with Crippen molar-refractivity contribution in [3.05, 3.63) is 70.5 Å². The van der Waals surface area contributed by atoms with Crippen molar-refractivity contribution < 1.29 is 19.1 Å². The van der Waals surface area contributed by atoms with Gasteiger partial charge in [-0.05, 0) is 50.2 Å². The fourth-order valence-electron chi connectivity index (χ4n) is 3.20. The number of hydrogen-bond acceptors (Lipinski definition) is 6. The zero-order valence-corrected chi connectivity index (χ0v) is 16.9. The van der Waals surface area contributed by atoms with Crippen LogP contribution < -0.4 is 26.1 Å². The van der Waals surface area contributed by atoms with Gasteiger partial charge in [0.2, 0.25) is 6.79 Å². The number of anilines is 1. The number of amides is 2. The number of rotatable bonds is 5. The van der Waals surface area contributed by atoms with Crippen molar-refractivity contribution in [1.29, 1.82) is 0 Å². The molecule has 0 atom stereocenters. The van der Waals surface area contributed by atoms with Gasteiger partial charge in [-0.1, -0.05) is 12.1 Å². The van der Waals surface area contributed by atoms with E-state index in [1.807, 2.05) is 0 Å². The highest BCUT2D eigenvalue weighted by molar-refractivity contribution is 6.04. The van der Waals surface area contributed by atoms with Crippen molar-refractivity contribution in [3.63, 3.8) is 0 Å². The van der Waals surface area contributed by atoms with E-state index in [1.54, 1.807) is 56.3 Å². The second-order valence-corrected chi connectivity index (χ2v) is 7.46. The molecule has 9 nitrogen and oxygen atoms in total. The minimum absolute atomic E-state index is 0.145. The zero-order chi connectivity index (χ0) is 22.2. The Labute approximate surface area is 177 Å². The van der Waals surface area contributed by atoms with E-state index in [1.165, 1.54) is 12.1 Å². The molecule has 4 rings (SSSR count). The quantitative estimate of drug-likeness (QED) is 0.651. The molecule has 0 saturated carbocycles. The zero-order valence-electron chi connectivity index (χ0n) is 16.9. The van der Waals surface area contributed by atoms with Crippen LogP contribution in [-0.2, 0) is 10.3 Å². The van der Waals surface area contributed by atoms with Gasteiger partial charge in [0.25, 0.3) is 17.4 Å². The number of fused-ring (bicyclic) bond motifs is 1. The Morgan fingerprint density at radius 1 is 1.06 bits per heavy atom. The van der Waals surface area contributed by atoms with Crippen LogP contribution in [0.3, 0.4) is 0 Å². The van der Waals surface area contributed by atoms with Gasteiger partial charge >= 0.3 is 0 Å². The monoisotopic (exact) mass is 420 g/mol. The fourth-order valence-corrected chi connectivity index (χ4v) is 3.20. The first-order valence-corrected chi connectivity index (χ1v) is 9.48. The van der Waals surface area contributed by atoms with E-state index in [9.17, 15) is 14.4 Å². The lowest BCUT2D eigenvalue weighted by atomic mass is 10.0. The smallest absolute Gasteiger partial charge is 0.267 e. The molecular weight excluding hydrogens is 400 g/mol. The molecule has 0 radical (unpaired) electrons. The normalized spacial score (nSPS) is 12.5. The molecule has 0 fully saturated rings. The van der Waals surface area contributed by atoms with Crippen LogP contribution in [0.5, 0.6) is 11.5 Å². The SMILES string of the molecule is CC(C)(C(=O)Nc1ccccc1C(N)=O)n1nc(-c2ccc3c(c2)OCO3)ccc1=O. The van der Waals surface area contributed by atoms with E-state index in [2.05, 4.69) is 10.4 Å². The van der Waals surface area contributed by atoms with Crippen LogP contribution in [0.25, 0.3) is 11.3 Å². The number of carbonyl (C=O) groups excluding carboxylic acids is 2. The van der Waals surface area contributed by atoms with Crippen molar-refractivity contribution in [2.45, 2.75) is 19.4 Å². The number of aromatic nitrogens is 2. The molecule has 158 valence electrons. The molecule has 1 aromatic heterocycles. The molecule has 0 aliphatic carbocycles. The maximum absolute atomic E-state index is 13.1. The highest BCUT2D eigenvalue weighted by atomic mass is 16.7. The van der Waals surface area contributed by atoms with Crippen molar-refractivity contribution in [2.75, 3.05) is 12.1 Å². The molecule has 0 bridgehead atoms. The van der Waals surface area contributed by atoms with Gasteiger partial charge in [0.1, 0.15) is 5.54 Å². The average Bonchev–Trinajstić information content (AvgIpc) is 3.22. The third-order valence-electron chi connectivity index (χ3n) is 4.99. The molecule has 0 spiro atoms. The van der Waals surface area contributed by atoms with Gasteiger partial charge in [-0.3, -0.25) is 14.4 Å². The van der Waals surface area contributed by atoms with E-state index in [-0.39, 0.29) is 18.0 Å². The van der Waals surface area contributed by atoms with Crippen LogP contribution >= 0.6 is 0 Å². The molecule has 3 N–H and O–H groups in total. The predicted molar refractivity (Wildman–Crippen MR) is 113 cm³/mol. The molecule has 0 unspecified atom stereocenters. The molecular formula is C22H20N4O5. The molecule has 1 aliphatic heterocycles. The van der Waals surface area contributed by atoms with Gasteiger partial charge in [0.05, 0.1) is 16.9 Å². The lowest BCUT2D eigenvalue weighted by molar-refractivity contribution is -0.123. The summed E-state index contributed by atoms with van der Waals surface area (Å²) in [6, 6.07) is 14.6. The van der Waals surface area contributed by atoms with E-state index in [0.29, 0.717) is 22.8 Å². The van der Waals surface area contributed by atoms with Crippen LogP contribution in [0.2, 0.25) is 0 Å². The van der Waals surface area contributed by atoms with Crippen LogP contribution in [-0.4, -0.2) is 28.4 Å². The number of para-hydroxylation sites is 1. The van der Waals surface area contributed by atoms with E-state index >= 15 is 0 Å². The summed E-state index contributed by atoms with van der Waals surface area (Å²) in [6.45, 7) is 3.27. The Balaban J connectivity index is 1.68. The number of ether oxygens (including phenoxy) is 2. The lowest BCUT2D eigenvalue weighted by Gasteiger charge is -2.25. The molecule has 0 saturated heterocycles. The number of nitrogens with one attached hydrogen (secondary N) is 1. The van der Waals surface area contributed by atoms with Gasteiger partial charge in [-0.25, -0.2) is 4.68 Å². The van der Waals surface area contributed by atoms with Gasteiger partial charge in [0, 0.05) is 11.6 Å². The molecule has 2 heterocycles. The van der Waals surface area contributed by atoms with Crippen molar-refractivity contribution >= 4 is 17.5 Å². The largest absolute Gasteiger partial charge is 0.454 e. The number of nitrogens with zero attached hydrogens (tertiary/aromatic N) is 2. The topological polar surface area (TPSA) is 126 Å². The number of hydrogen-bond donors (Lipinski definition) is 2. The van der Waals surface area contributed by atoms with E-state index in [0.717, 1.165) is 4.68 Å². The first-order chi connectivity index (χ1) is 14.8. The fraction of sp³-hybridized carbons (Fsp3) is 0.182. The summed E-state index contributed by atoms with van der Waals surface area (Å²) < 4.78 is 11.8. The van der Waals surface area contributed by atoms with Gasteiger partial charge in [-0.2, -0.15) is 5.10 Å². The summed E-state index contributed by atoms with van der Waals surface area (Å²) in [7, 11) is 0. The Morgan fingerprint density at radius 3 is 2.58 bits per heavy atom. The van der Waals surface area contributed by atoms with Crippen LogP contribution in [0.4, 0.5) is 5.69 Å². The lowest BCUT2D eigenvalue weighted by Crippen LogP contribution is -2.47. The second kappa shape index (κ2) is 7.60. The number of carbonyl (C=O) groups is 2. The van der Waals surface area contributed by atoms with Crippen LogP contribution in [0.15, 0.2) is 59.4 Å². The minimum Gasteiger partial charge on any atom is -0.454 e. The summed E-state index contributed by atoms with van der Waals surface area (Å²) in [5, 5.41) is 7.09. The first kappa shape index (κ1) is 20.1. The molecule has 9 heteroatoms. The summed E-state index contributed by atoms with van der Waals surface area (Å²) >= 11 is 0. The maximum Gasteiger partial charge on any atom is 0.267 e. The standard InChI is InChI=1S/C22H20N4O5/c1-22(2,21(29)24-16-6-4-3-5-14(16)20(23)28)26-19(27)10-8-15(25-26)13-7-9-17-18(11-13)31-12-30-17/h3-11H,12H2,1-2H3,(H2,23,28)(H,24,29). The number of primary amides is 1. The molecule has 1 aliphatic rings. The van der Waals surface area contributed by atoms with Crippen molar-refractivity contribution in [2.24, 2.45) is 5.73 Å². The highest BCUT2D eigenvalue weighted by Crippen LogP contribution is 2.35. The number of nitrogens with two attached hydrogens (primary N) is 1. The van der Waals surface area contributed by atoms with Gasteiger partial charge < -0.3 is 20.5 Å². The van der Waals surface area contributed by atoms with Crippen LogP contribution in [0.1, 0.15) is 24.2 Å². The third-order valence-corrected chi connectivity index (χ3v) is 4.99. The first-order valence-electron chi connectivity index (χ1n) is 9.48. The molecule has 2 amide bonds. The second-order valence-electron chi connectivity index (χ2n) is 7.46.